The highest BCUT2D eigenvalue weighted by Gasteiger charge is 2.35. The fraction of sp³-hybridized carbons (Fsp3) is 0.0435. The lowest BCUT2D eigenvalue weighted by molar-refractivity contribution is 0.660. The van der Waals surface area contributed by atoms with Gasteiger partial charge in [0, 0.05) is 38.9 Å². The van der Waals surface area contributed by atoms with E-state index in [9.17, 15) is 0 Å². The summed E-state index contributed by atoms with van der Waals surface area (Å²) in [5, 5.41) is 9.95. The quantitative estimate of drug-likeness (QED) is 0.145. The molecule has 14 rings (SSSR count). The Labute approximate surface area is 414 Å². The van der Waals surface area contributed by atoms with Gasteiger partial charge in [0.15, 0.2) is 0 Å². The molecule has 0 amide bonds. The maximum absolute atomic E-state index is 2.46. The summed E-state index contributed by atoms with van der Waals surface area (Å²) in [7, 11) is 0. The highest BCUT2D eigenvalue weighted by Crippen LogP contribution is 2.50. The minimum Gasteiger partial charge on any atom is -0.310 e. The molecular weight excluding hydrogens is 857 g/mol. The van der Waals surface area contributed by atoms with Crippen LogP contribution in [0, 0.1) is 0 Å². The van der Waals surface area contributed by atoms with E-state index >= 15 is 0 Å². The van der Waals surface area contributed by atoms with Crippen molar-refractivity contribution in [1.82, 2.24) is 4.57 Å². The largest absolute Gasteiger partial charge is 0.310 e. The summed E-state index contributed by atoms with van der Waals surface area (Å²) in [4.78, 5) is 2.42. The Kier molecular flexibility index (Phi) is 9.28. The second kappa shape index (κ2) is 16.1. The van der Waals surface area contributed by atoms with E-state index in [1.807, 2.05) is 0 Å². The summed E-state index contributed by atoms with van der Waals surface area (Å²) < 4.78 is 2.46. The van der Waals surface area contributed by atoms with Crippen LogP contribution in [0.25, 0.3) is 104 Å². The van der Waals surface area contributed by atoms with Gasteiger partial charge in [-0.05, 0) is 149 Å². The predicted molar refractivity (Wildman–Crippen MR) is 302 cm³/mol. The van der Waals surface area contributed by atoms with Gasteiger partial charge >= 0.3 is 0 Å². The molecule has 2 nitrogen and oxygen atoms in total. The molecule has 1 aliphatic carbocycles. The number of fused-ring (bicyclic) bond motifs is 9. The minimum atomic E-state index is -0.0983. The molecule has 13 aromatic rings. The highest BCUT2D eigenvalue weighted by atomic mass is 15.1. The topological polar surface area (TPSA) is 8.17 Å². The average molecular weight is 905 g/mol. The Morgan fingerprint density at radius 3 is 1.49 bits per heavy atom. The summed E-state index contributed by atoms with van der Waals surface area (Å²) in [6.45, 7) is 4.72. The van der Waals surface area contributed by atoms with Gasteiger partial charge in [0.25, 0.3) is 0 Å². The van der Waals surface area contributed by atoms with E-state index in [2.05, 4.69) is 278 Å². The lowest BCUT2D eigenvalue weighted by Gasteiger charge is -2.26. The van der Waals surface area contributed by atoms with E-state index in [0.717, 1.165) is 17.1 Å². The molecule has 1 aromatic heterocycles. The molecule has 0 saturated heterocycles. The van der Waals surface area contributed by atoms with E-state index in [0.29, 0.717) is 0 Å². The van der Waals surface area contributed by atoms with E-state index in [1.54, 1.807) is 0 Å². The van der Waals surface area contributed by atoms with Crippen LogP contribution in [-0.2, 0) is 5.41 Å². The van der Waals surface area contributed by atoms with Crippen molar-refractivity contribution in [3.63, 3.8) is 0 Å². The lowest BCUT2D eigenvalue weighted by atomic mass is 9.82. The van der Waals surface area contributed by atoms with E-state index in [4.69, 9.17) is 0 Å². The molecule has 0 aliphatic heterocycles. The average Bonchev–Trinajstić information content (AvgIpc) is 3.88. The number of nitrogens with zero attached hydrogens (tertiary/aromatic N) is 2. The molecule has 0 unspecified atom stereocenters. The Morgan fingerprint density at radius 2 is 0.803 bits per heavy atom. The maximum atomic E-state index is 2.46. The van der Waals surface area contributed by atoms with Gasteiger partial charge in [-0.15, -0.1) is 0 Å². The van der Waals surface area contributed by atoms with Crippen molar-refractivity contribution in [2.24, 2.45) is 0 Å². The fourth-order valence-corrected chi connectivity index (χ4v) is 12.1. The first-order valence-corrected chi connectivity index (χ1v) is 24.8. The SMILES string of the molecule is CC1(C)c2ccccc2-c2ccc(-n3c4ccccc4c4cc(N(c5ccc(-c6cccc7ccccc67)cc5)c5ccc(-c6c7ccccc7c(-c7ccccc7)c7ccccc67)cc5)ccc43)cc21. The van der Waals surface area contributed by atoms with Crippen molar-refractivity contribution in [1.29, 1.82) is 0 Å². The van der Waals surface area contributed by atoms with Crippen molar-refractivity contribution in [2.45, 2.75) is 19.3 Å². The molecule has 1 aliphatic rings. The zero-order chi connectivity index (χ0) is 47.2. The van der Waals surface area contributed by atoms with E-state index in [-0.39, 0.29) is 5.41 Å². The standard InChI is InChI=1S/C69H48N2/c1-69(2)63-29-14-12-22-55(63)56-41-39-52(44-64(56)69)71-65-30-15-13-23-57(65)62-43-51(40-42-66(62)71)70(49-35-31-46(32-36-49)54-28-16-20-45-17-6-7-21-53(45)54)50-37-33-48(34-38-50)68-60-26-10-8-24-58(60)67(47-18-4-3-5-19-47)59-25-9-11-27-61(59)68/h3-44H,1-2H3. The number of aromatic nitrogens is 1. The first-order chi connectivity index (χ1) is 35.0. The molecule has 0 atom stereocenters. The van der Waals surface area contributed by atoms with Crippen molar-refractivity contribution >= 4 is 71.2 Å². The van der Waals surface area contributed by atoms with Gasteiger partial charge in [0.2, 0.25) is 0 Å². The van der Waals surface area contributed by atoms with E-state index < -0.39 is 0 Å². The molecule has 0 fully saturated rings. The summed E-state index contributed by atoms with van der Waals surface area (Å²) in [5.41, 5.74) is 19.5. The summed E-state index contributed by atoms with van der Waals surface area (Å²) in [6, 6.07) is 94.2. The minimum absolute atomic E-state index is 0.0983. The van der Waals surface area contributed by atoms with Crippen LogP contribution < -0.4 is 4.90 Å². The molecule has 0 radical (unpaired) electrons. The van der Waals surface area contributed by atoms with Crippen LogP contribution in [0.2, 0.25) is 0 Å². The molecule has 0 bridgehead atoms. The number of benzene rings is 12. The van der Waals surface area contributed by atoms with Crippen molar-refractivity contribution < 1.29 is 0 Å². The smallest absolute Gasteiger partial charge is 0.0542 e. The van der Waals surface area contributed by atoms with Crippen LogP contribution >= 0.6 is 0 Å². The Morgan fingerprint density at radius 1 is 0.310 bits per heavy atom. The molecule has 12 aromatic carbocycles. The van der Waals surface area contributed by atoms with Crippen LogP contribution in [0.1, 0.15) is 25.0 Å². The second-order valence-corrected chi connectivity index (χ2v) is 19.6. The molecule has 1 heterocycles. The molecule has 2 heteroatoms. The first-order valence-electron chi connectivity index (χ1n) is 24.8. The van der Waals surface area contributed by atoms with Gasteiger partial charge in [0.05, 0.1) is 11.0 Å². The summed E-state index contributed by atoms with van der Waals surface area (Å²) >= 11 is 0. The van der Waals surface area contributed by atoms with Gasteiger partial charge in [-0.2, -0.15) is 0 Å². The molecular formula is C69H48N2. The number of rotatable bonds is 7. The monoisotopic (exact) mass is 904 g/mol. The molecule has 71 heavy (non-hydrogen) atoms. The third kappa shape index (κ3) is 6.42. The summed E-state index contributed by atoms with van der Waals surface area (Å²) in [5.74, 6) is 0. The Balaban J connectivity index is 0.932. The number of para-hydroxylation sites is 1. The lowest BCUT2D eigenvalue weighted by Crippen LogP contribution is -2.15. The highest BCUT2D eigenvalue weighted by molar-refractivity contribution is 6.21. The van der Waals surface area contributed by atoms with E-state index in [1.165, 1.54) is 115 Å². The Bertz CT molecular complexity index is 4170. The van der Waals surface area contributed by atoms with Gasteiger partial charge in [-0.25, -0.2) is 0 Å². The van der Waals surface area contributed by atoms with Gasteiger partial charge < -0.3 is 9.47 Å². The van der Waals surface area contributed by atoms with Crippen LogP contribution in [-0.4, -0.2) is 4.57 Å². The van der Waals surface area contributed by atoms with Gasteiger partial charge in [-0.1, -0.05) is 208 Å². The van der Waals surface area contributed by atoms with Crippen molar-refractivity contribution in [3.05, 3.63) is 266 Å². The van der Waals surface area contributed by atoms with Crippen LogP contribution in [0.5, 0.6) is 0 Å². The number of hydrogen-bond donors (Lipinski definition) is 0. The fourth-order valence-electron chi connectivity index (χ4n) is 12.1. The zero-order valence-corrected chi connectivity index (χ0v) is 39.6. The third-order valence-electron chi connectivity index (χ3n) is 15.4. The maximum Gasteiger partial charge on any atom is 0.0542 e. The predicted octanol–water partition coefficient (Wildman–Crippen LogP) is 19.0. The molecule has 334 valence electrons. The second-order valence-electron chi connectivity index (χ2n) is 19.6. The normalized spacial score (nSPS) is 12.8. The van der Waals surface area contributed by atoms with Crippen LogP contribution in [0.4, 0.5) is 17.1 Å². The molecule has 0 saturated carbocycles. The molecule has 0 spiro atoms. The van der Waals surface area contributed by atoms with Gasteiger partial charge in [-0.3, -0.25) is 0 Å². The van der Waals surface area contributed by atoms with Gasteiger partial charge in [0.1, 0.15) is 0 Å². The zero-order valence-electron chi connectivity index (χ0n) is 39.6. The van der Waals surface area contributed by atoms with Crippen molar-refractivity contribution in [2.75, 3.05) is 4.90 Å². The van der Waals surface area contributed by atoms with Crippen LogP contribution in [0.3, 0.4) is 0 Å². The third-order valence-corrected chi connectivity index (χ3v) is 15.4. The number of anilines is 3. The summed E-state index contributed by atoms with van der Waals surface area (Å²) in [6.07, 6.45) is 0. The number of hydrogen-bond acceptors (Lipinski definition) is 1. The first kappa shape index (κ1) is 41.0. The van der Waals surface area contributed by atoms with Crippen LogP contribution in [0.15, 0.2) is 255 Å². The Hall–Kier alpha value is -8.98. The molecule has 0 N–H and O–H groups in total. The van der Waals surface area contributed by atoms with Crippen molar-refractivity contribution in [3.8, 4) is 50.2 Å².